The highest BCUT2D eigenvalue weighted by Gasteiger charge is 2.17. The van der Waals surface area contributed by atoms with E-state index in [4.69, 9.17) is 4.98 Å². The molecular weight excluding hydrogens is 414 g/mol. The van der Waals surface area contributed by atoms with Gasteiger partial charge >= 0.3 is 0 Å². The quantitative estimate of drug-likeness (QED) is 0.332. The lowest BCUT2D eigenvalue weighted by Crippen LogP contribution is -2.11. The van der Waals surface area contributed by atoms with Gasteiger partial charge in [0.25, 0.3) is 5.91 Å². The van der Waals surface area contributed by atoms with Crippen molar-refractivity contribution in [3.8, 4) is 32.8 Å². The second-order valence-corrected chi connectivity index (χ2v) is 8.20. The first-order valence-electron chi connectivity index (χ1n) is 10.2. The van der Waals surface area contributed by atoms with Gasteiger partial charge in [0.05, 0.1) is 10.6 Å². The van der Waals surface area contributed by atoms with Crippen LogP contribution in [0.15, 0.2) is 109 Å². The minimum atomic E-state index is -0.202. The summed E-state index contributed by atoms with van der Waals surface area (Å²) in [6.07, 6.45) is 3.21. The zero-order valence-corrected chi connectivity index (χ0v) is 17.9. The highest BCUT2D eigenvalue weighted by molar-refractivity contribution is 7.19. The SMILES string of the molecule is O=C(Nc1nc(-c2ccccc2)c(-c2ccc(-c3ccccc3)cc2)s1)c1ccncc1. The average molecular weight is 434 g/mol. The molecule has 2 aromatic heterocycles. The summed E-state index contributed by atoms with van der Waals surface area (Å²) in [5.74, 6) is -0.202. The van der Waals surface area contributed by atoms with Crippen LogP contribution >= 0.6 is 11.3 Å². The van der Waals surface area contributed by atoms with Crippen LogP contribution < -0.4 is 5.32 Å². The second-order valence-electron chi connectivity index (χ2n) is 7.20. The molecule has 4 nitrogen and oxygen atoms in total. The van der Waals surface area contributed by atoms with E-state index in [2.05, 4.69) is 46.7 Å². The standard InChI is InChI=1S/C27H19N3OS/c31-26(23-15-17-28-18-16-23)30-27-29-24(21-9-5-2-6-10-21)25(32-27)22-13-11-20(12-14-22)19-7-3-1-4-8-19/h1-18H,(H,29,30,31). The molecule has 3 aromatic carbocycles. The highest BCUT2D eigenvalue weighted by atomic mass is 32.1. The fraction of sp³-hybridized carbons (Fsp3) is 0. The number of nitrogens with one attached hydrogen (secondary N) is 1. The Morgan fingerprint density at radius 1 is 0.656 bits per heavy atom. The van der Waals surface area contributed by atoms with Crippen molar-refractivity contribution in [3.05, 3.63) is 115 Å². The maximum absolute atomic E-state index is 12.6. The average Bonchev–Trinajstić information content (AvgIpc) is 3.29. The van der Waals surface area contributed by atoms with Crippen molar-refractivity contribution in [2.45, 2.75) is 0 Å². The van der Waals surface area contributed by atoms with Gasteiger partial charge in [0, 0.05) is 23.5 Å². The zero-order valence-electron chi connectivity index (χ0n) is 17.1. The van der Waals surface area contributed by atoms with Crippen molar-refractivity contribution in [2.75, 3.05) is 5.32 Å². The van der Waals surface area contributed by atoms with Crippen LogP contribution in [0.25, 0.3) is 32.8 Å². The van der Waals surface area contributed by atoms with Gasteiger partial charge in [-0.1, -0.05) is 96.3 Å². The molecule has 0 bridgehead atoms. The summed E-state index contributed by atoms with van der Waals surface area (Å²) in [5, 5.41) is 3.50. The van der Waals surface area contributed by atoms with Gasteiger partial charge in [0.2, 0.25) is 0 Å². The van der Waals surface area contributed by atoms with Crippen LogP contribution in [0.1, 0.15) is 10.4 Å². The molecule has 5 aromatic rings. The van der Waals surface area contributed by atoms with E-state index in [9.17, 15) is 4.79 Å². The lowest BCUT2D eigenvalue weighted by atomic mass is 10.0. The highest BCUT2D eigenvalue weighted by Crippen LogP contribution is 2.39. The van der Waals surface area contributed by atoms with E-state index in [-0.39, 0.29) is 5.91 Å². The molecule has 0 spiro atoms. The van der Waals surface area contributed by atoms with Gasteiger partial charge in [-0.05, 0) is 28.8 Å². The van der Waals surface area contributed by atoms with E-state index < -0.39 is 0 Å². The van der Waals surface area contributed by atoms with E-state index in [1.165, 1.54) is 16.9 Å². The molecule has 5 rings (SSSR count). The third-order valence-corrected chi connectivity index (χ3v) is 6.11. The van der Waals surface area contributed by atoms with Crippen LogP contribution in [0.4, 0.5) is 5.13 Å². The van der Waals surface area contributed by atoms with Crippen molar-refractivity contribution in [1.82, 2.24) is 9.97 Å². The summed E-state index contributed by atoms with van der Waals surface area (Å²) in [7, 11) is 0. The van der Waals surface area contributed by atoms with E-state index in [0.717, 1.165) is 27.3 Å². The topological polar surface area (TPSA) is 54.9 Å². The predicted molar refractivity (Wildman–Crippen MR) is 131 cm³/mol. The fourth-order valence-corrected chi connectivity index (χ4v) is 4.47. The summed E-state index contributed by atoms with van der Waals surface area (Å²) >= 11 is 1.47. The molecule has 154 valence electrons. The molecule has 0 fully saturated rings. The molecule has 0 saturated carbocycles. The van der Waals surface area contributed by atoms with Crippen molar-refractivity contribution in [2.24, 2.45) is 0 Å². The van der Waals surface area contributed by atoms with Crippen LogP contribution in [0.5, 0.6) is 0 Å². The summed E-state index contributed by atoms with van der Waals surface area (Å²) in [6.45, 7) is 0. The van der Waals surface area contributed by atoms with Gasteiger partial charge in [0.1, 0.15) is 0 Å². The second kappa shape index (κ2) is 8.96. The third kappa shape index (κ3) is 4.19. The lowest BCUT2D eigenvalue weighted by Gasteiger charge is -2.05. The number of aromatic nitrogens is 2. The molecule has 5 heteroatoms. The van der Waals surface area contributed by atoms with Crippen molar-refractivity contribution in [3.63, 3.8) is 0 Å². The Kier molecular flexibility index (Phi) is 5.56. The Morgan fingerprint density at radius 3 is 1.88 bits per heavy atom. The number of pyridine rings is 1. The van der Waals surface area contributed by atoms with E-state index >= 15 is 0 Å². The molecule has 0 atom stereocenters. The number of hydrogen-bond donors (Lipinski definition) is 1. The van der Waals surface area contributed by atoms with E-state index in [1.54, 1.807) is 24.5 Å². The minimum Gasteiger partial charge on any atom is -0.298 e. The summed E-state index contributed by atoms with van der Waals surface area (Å²) in [5.41, 5.74) is 5.81. The zero-order chi connectivity index (χ0) is 21.8. The minimum absolute atomic E-state index is 0.202. The normalized spacial score (nSPS) is 10.6. The molecule has 0 aliphatic rings. The Balaban J connectivity index is 1.51. The van der Waals surface area contributed by atoms with Crippen LogP contribution in [0.2, 0.25) is 0 Å². The Hall–Kier alpha value is -4.09. The van der Waals surface area contributed by atoms with Gasteiger partial charge in [-0.3, -0.25) is 15.1 Å². The number of thiazole rings is 1. The maximum Gasteiger partial charge on any atom is 0.257 e. The molecule has 2 heterocycles. The number of hydrogen-bond acceptors (Lipinski definition) is 4. The lowest BCUT2D eigenvalue weighted by molar-refractivity contribution is 0.102. The first-order valence-corrected chi connectivity index (χ1v) is 11.0. The van der Waals surface area contributed by atoms with Gasteiger partial charge in [0.15, 0.2) is 5.13 Å². The molecule has 0 aliphatic carbocycles. The number of carbonyl (C=O) groups excluding carboxylic acids is 1. The number of rotatable bonds is 5. The Morgan fingerprint density at radius 2 is 1.22 bits per heavy atom. The van der Waals surface area contributed by atoms with Crippen molar-refractivity contribution >= 4 is 22.4 Å². The van der Waals surface area contributed by atoms with E-state index in [1.807, 2.05) is 48.5 Å². The smallest absolute Gasteiger partial charge is 0.257 e. The molecule has 1 amide bonds. The van der Waals surface area contributed by atoms with Gasteiger partial charge < -0.3 is 0 Å². The summed E-state index contributed by atoms with van der Waals surface area (Å²) in [6, 6.07) is 32.2. The number of carbonyl (C=O) groups is 1. The van der Waals surface area contributed by atoms with Gasteiger partial charge in [-0.15, -0.1) is 0 Å². The third-order valence-electron chi connectivity index (χ3n) is 5.09. The molecular formula is C27H19N3OS. The van der Waals surface area contributed by atoms with Crippen molar-refractivity contribution < 1.29 is 4.79 Å². The van der Waals surface area contributed by atoms with Gasteiger partial charge in [-0.2, -0.15) is 0 Å². The molecule has 0 saturated heterocycles. The number of anilines is 1. The Labute approximate surface area is 190 Å². The largest absolute Gasteiger partial charge is 0.298 e. The molecule has 0 radical (unpaired) electrons. The van der Waals surface area contributed by atoms with Crippen LogP contribution in [-0.2, 0) is 0 Å². The Bertz CT molecular complexity index is 1330. The number of nitrogens with zero attached hydrogens (tertiary/aromatic N) is 2. The summed E-state index contributed by atoms with van der Waals surface area (Å²) < 4.78 is 0. The molecule has 0 unspecified atom stereocenters. The summed E-state index contributed by atoms with van der Waals surface area (Å²) in [4.78, 5) is 22.4. The monoisotopic (exact) mass is 433 g/mol. The van der Waals surface area contributed by atoms with Crippen LogP contribution in [0, 0.1) is 0 Å². The molecule has 0 aliphatic heterocycles. The number of amides is 1. The predicted octanol–water partition coefficient (Wildman–Crippen LogP) is 6.79. The molecule has 32 heavy (non-hydrogen) atoms. The first kappa shape index (κ1) is 19.8. The maximum atomic E-state index is 12.6. The van der Waals surface area contributed by atoms with E-state index in [0.29, 0.717) is 10.7 Å². The number of benzene rings is 3. The fourth-order valence-electron chi connectivity index (χ4n) is 3.48. The van der Waals surface area contributed by atoms with Crippen LogP contribution in [-0.4, -0.2) is 15.9 Å². The first-order chi connectivity index (χ1) is 15.8. The molecule has 1 N–H and O–H groups in total. The van der Waals surface area contributed by atoms with Crippen LogP contribution in [0.3, 0.4) is 0 Å². The van der Waals surface area contributed by atoms with Gasteiger partial charge in [-0.25, -0.2) is 4.98 Å². The van der Waals surface area contributed by atoms with Crippen molar-refractivity contribution in [1.29, 1.82) is 0 Å².